The lowest BCUT2D eigenvalue weighted by Gasteiger charge is -2.00. The molecule has 0 heterocycles. The number of primary amides is 1. The van der Waals surface area contributed by atoms with Gasteiger partial charge >= 0.3 is 0 Å². The van der Waals surface area contributed by atoms with E-state index in [1.807, 2.05) is 6.07 Å². The van der Waals surface area contributed by atoms with Gasteiger partial charge in [-0.1, -0.05) is 6.07 Å². The molecule has 0 aliphatic heterocycles. The number of carbonyl (C=O) groups is 1. The van der Waals surface area contributed by atoms with Gasteiger partial charge in [0.2, 0.25) is 5.91 Å². The van der Waals surface area contributed by atoms with E-state index in [1.165, 1.54) is 18.6 Å². The van der Waals surface area contributed by atoms with Crippen molar-refractivity contribution in [1.29, 1.82) is 5.26 Å². The minimum Gasteiger partial charge on any atom is -0.370 e. The van der Waals surface area contributed by atoms with E-state index in [0.29, 0.717) is 0 Å². The van der Waals surface area contributed by atoms with E-state index < -0.39 is 11.7 Å². The van der Waals surface area contributed by atoms with Crippen LogP contribution in [0.2, 0.25) is 0 Å². The number of halogens is 1. The van der Waals surface area contributed by atoms with E-state index in [0.717, 1.165) is 6.07 Å². The maximum Gasteiger partial charge on any atom is 0.218 e. The van der Waals surface area contributed by atoms with Gasteiger partial charge in [-0.2, -0.15) is 5.26 Å². The highest BCUT2D eigenvalue weighted by atomic mass is 19.1. The molecular weight excluding hydrogens is 183 g/mol. The molecule has 0 bridgehead atoms. The van der Waals surface area contributed by atoms with Crippen molar-refractivity contribution in [3.63, 3.8) is 0 Å². The monoisotopic (exact) mass is 191 g/mol. The summed E-state index contributed by atoms with van der Waals surface area (Å²) in [6, 6.07) is 5.86. The van der Waals surface area contributed by atoms with Crippen molar-refractivity contribution in [2.24, 2.45) is 5.73 Å². The Balaban J connectivity index is 2.80. The van der Waals surface area contributed by atoms with Crippen molar-refractivity contribution in [3.05, 3.63) is 41.6 Å². The van der Waals surface area contributed by atoms with Crippen molar-refractivity contribution in [3.8, 4) is 6.07 Å². The minimum atomic E-state index is -0.523. The van der Waals surface area contributed by atoms with E-state index in [-0.39, 0.29) is 17.5 Å². The number of benzene rings is 1. The average molecular weight is 191 g/mol. The standard InChI is InChI=1S/C10H8FN2O/c11-9-5-7(6-12)1-2-8(9)3-4-10(13)14/h1-3,5H,4H2,(H2,13,14). The van der Waals surface area contributed by atoms with Gasteiger partial charge < -0.3 is 5.73 Å². The molecule has 0 aliphatic carbocycles. The summed E-state index contributed by atoms with van der Waals surface area (Å²) in [4.78, 5) is 10.4. The predicted octanol–water partition coefficient (Wildman–Crippen LogP) is 1.13. The van der Waals surface area contributed by atoms with Gasteiger partial charge in [0.25, 0.3) is 0 Å². The van der Waals surface area contributed by atoms with Crippen molar-refractivity contribution >= 4 is 5.91 Å². The molecule has 0 saturated heterocycles. The van der Waals surface area contributed by atoms with Gasteiger partial charge in [0.05, 0.1) is 11.6 Å². The van der Waals surface area contributed by atoms with Gasteiger partial charge in [0.15, 0.2) is 0 Å². The van der Waals surface area contributed by atoms with Crippen LogP contribution in [0.4, 0.5) is 4.39 Å². The Hall–Kier alpha value is -1.89. The number of nitrogens with zero attached hydrogens (tertiary/aromatic N) is 1. The van der Waals surface area contributed by atoms with Crippen LogP contribution in [0.5, 0.6) is 0 Å². The third-order valence-electron chi connectivity index (χ3n) is 1.65. The first-order chi connectivity index (χ1) is 6.63. The van der Waals surface area contributed by atoms with Crippen LogP contribution in [0.1, 0.15) is 17.5 Å². The lowest BCUT2D eigenvalue weighted by atomic mass is 10.1. The van der Waals surface area contributed by atoms with E-state index in [4.69, 9.17) is 11.0 Å². The van der Waals surface area contributed by atoms with Gasteiger partial charge in [-0.3, -0.25) is 4.79 Å². The average Bonchev–Trinajstić information content (AvgIpc) is 2.15. The Morgan fingerprint density at radius 2 is 2.36 bits per heavy atom. The molecule has 1 aromatic rings. The fourth-order valence-electron chi connectivity index (χ4n) is 0.973. The summed E-state index contributed by atoms with van der Waals surface area (Å²) in [5, 5.41) is 8.47. The molecule has 1 radical (unpaired) electrons. The van der Waals surface area contributed by atoms with E-state index >= 15 is 0 Å². The number of carbonyl (C=O) groups excluding carboxylic acids is 1. The van der Waals surface area contributed by atoms with Crippen LogP contribution in [0.25, 0.3) is 0 Å². The Morgan fingerprint density at radius 3 is 2.86 bits per heavy atom. The maximum absolute atomic E-state index is 13.2. The van der Waals surface area contributed by atoms with Crippen LogP contribution in [0.15, 0.2) is 18.2 Å². The van der Waals surface area contributed by atoms with Gasteiger partial charge in [-0.05, 0) is 17.7 Å². The molecule has 71 valence electrons. The van der Waals surface area contributed by atoms with Gasteiger partial charge in [0, 0.05) is 12.8 Å². The molecule has 0 aliphatic rings. The maximum atomic E-state index is 13.2. The third-order valence-corrected chi connectivity index (χ3v) is 1.65. The molecule has 0 aromatic heterocycles. The van der Waals surface area contributed by atoms with Gasteiger partial charge in [0.1, 0.15) is 5.82 Å². The molecule has 3 nitrogen and oxygen atoms in total. The first-order valence-corrected chi connectivity index (χ1v) is 3.94. The Labute approximate surface area is 81.0 Å². The van der Waals surface area contributed by atoms with E-state index in [2.05, 4.69) is 0 Å². The summed E-state index contributed by atoms with van der Waals surface area (Å²) >= 11 is 0. The molecular formula is C10H8FN2O. The summed E-state index contributed by atoms with van der Waals surface area (Å²) in [6.45, 7) is 0. The molecule has 1 amide bonds. The largest absolute Gasteiger partial charge is 0.370 e. The lowest BCUT2D eigenvalue weighted by molar-refractivity contribution is -0.117. The first-order valence-electron chi connectivity index (χ1n) is 3.94. The summed E-state index contributed by atoms with van der Waals surface area (Å²) in [5.41, 5.74) is 5.43. The Morgan fingerprint density at radius 1 is 1.64 bits per heavy atom. The van der Waals surface area contributed by atoms with Crippen molar-refractivity contribution in [2.75, 3.05) is 0 Å². The SMILES string of the molecule is N#Cc1ccc([CH]CC(N)=O)c(F)c1. The van der Waals surface area contributed by atoms with Crippen LogP contribution < -0.4 is 5.73 Å². The molecule has 14 heavy (non-hydrogen) atoms. The highest BCUT2D eigenvalue weighted by Gasteiger charge is 2.05. The molecule has 0 fully saturated rings. The highest BCUT2D eigenvalue weighted by Crippen LogP contribution is 2.13. The van der Waals surface area contributed by atoms with Crippen molar-refractivity contribution in [1.82, 2.24) is 0 Å². The molecule has 0 saturated carbocycles. The van der Waals surface area contributed by atoms with Crippen LogP contribution in [-0.2, 0) is 4.79 Å². The van der Waals surface area contributed by atoms with Crippen LogP contribution in [0, 0.1) is 23.6 Å². The second kappa shape index (κ2) is 4.38. The lowest BCUT2D eigenvalue weighted by Crippen LogP contribution is -2.10. The zero-order valence-corrected chi connectivity index (χ0v) is 7.33. The Bertz CT molecular complexity index is 396. The number of nitrogens with two attached hydrogens (primary N) is 1. The fourth-order valence-corrected chi connectivity index (χ4v) is 0.973. The first kappa shape index (κ1) is 10.2. The summed E-state index contributed by atoms with van der Waals surface area (Å²) in [5.74, 6) is -1.04. The molecule has 1 aromatic carbocycles. The molecule has 0 unspecified atom stereocenters. The number of rotatable bonds is 3. The number of hydrogen-bond donors (Lipinski definition) is 1. The minimum absolute atomic E-state index is 0.0111. The smallest absolute Gasteiger partial charge is 0.218 e. The van der Waals surface area contributed by atoms with Crippen LogP contribution >= 0.6 is 0 Å². The number of amides is 1. The Kier molecular flexibility index (Phi) is 3.19. The van der Waals surface area contributed by atoms with Crippen molar-refractivity contribution < 1.29 is 9.18 Å². The van der Waals surface area contributed by atoms with Gasteiger partial charge in [-0.25, -0.2) is 4.39 Å². The molecule has 0 spiro atoms. The van der Waals surface area contributed by atoms with E-state index in [1.54, 1.807) is 0 Å². The second-order valence-electron chi connectivity index (χ2n) is 2.72. The van der Waals surface area contributed by atoms with E-state index in [9.17, 15) is 9.18 Å². The normalized spacial score (nSPS) is 9.43. The highest BCUT2D eigenvalue weighted by molar-refractivity contribution is 5.75. The summed E-state index contributed by atoms with van der Waals surface area (Å²) < 4.78 is 13.2. The van der Waals surface area contributed by atoms with Crippen LogP contribution in [-0.4, -0.2) is 5.91 Å². The number of nitriles is 1. The zero-order chi connectivity index (χ0) is 10.6. The van der Waals surface area contributed by atoms with Gasteiger partial charge in [-0.15, -0.1) is 0 Å². The molecule has 4 heteroatoms. The van der Waals surface area contributed by atoms with Crippen molar-refractivity contribution in [2.45, 2.75) is 6.42 Å². The molecule has 1 rings (SSSR count). The zero-order valence-electron chi connectivity index (χ0n) is 7.33. The topological polar surface area (TPSA) is 66.9 Å². The molecule has 0 atom stereocenters. The number of hydrogen-bond acceptors (Lipinski definition) is 2. The third kappa shape index (κ3) is 2.56. The molecule has 2 N–H and O–H groups in total. The summed E-state index contributed by atoms with van der Waals surface area (Å²) in [7, 11) is 0. The predicted molar refractivity (Wildman–Crippen MR) is 48.3 cm³/mol. The quantitative estimate of drug-likeness (QED) is 0.778. The second-order valence-corrected chi connectivity index (χ2v) is 2.72. The summed E-state index contributed by atoms with van der Waals surface area (Å²) in [6.07, 6.45) is 1.38. The fraction of sp³-hybridized carbons (Fsp3) is 0.100. The van der Waals surface area contributed by atoms with Crippen LogP contribution in [0.3, 0.4) is 0 Å².